The van der Waals surface area contributed by atoms with Crippen LogP contribution in [0.15, 0.2) is 18.5 Å². The normalized spacial score (nSPS) is 24.4. The number of nitrogens with zero attached hydrogens (tertiary/aromatic N) is 2. The molecule has 2 heterocycles. The maximum atomic E-state index is 12.5. The summed E-state index contributed by atoms with van der Waals surface area (Å²) in [5.74, 6) is -1.40. The predicted molar refractivity (Wildman–Crippen MR) is 81.7 cm³/mol. The second-order valence-electron chi connectivity index (χ2n) is 6.32. The van der Waals surface area contributed by atoms with Gasteiger partial charge in [-0.15, -0.1) is 0 Å². The average Bonchev–Trinajstić information content (AvgIpc) is 3.16. The molecule has 0 radical (unpaired) electrons. The third-order valence-corrected chi connectivity index (χ3v) is 4.88. The van der Waals surface area contributed by atoms with Crippen LogP contribution in [0.25, 0.3) is 0 Å². The van der Waals surface area contributed by atoms with Gasteiger partial charge in [0.2, 0.25) is 0 Å². The maximum absolute atomic E-state index is 12.5. The minimum absolute atomic E-state index is 0.0826. The van der Waals surface area contributed by atoms with E-state index in [9.17, 15) is 14.7 Å². The second kappa shape index (κ2) is 6.52. The molecule has 120 valence electrons. The van der Waals surface area contributed by atoms with Crippen molar-refractivity contribution in [3.63, 3.8) is 0 Å². The van der Waals surface area contributed by atoms with Crippen LogP contribution in [0.5, 0.6) is 0 Å². The van der Waals surface area contributed by atoms with E-state index >= 15 is 0 Å². The monoisotopic (exact) mass is 305 g/mol. The van der Waals surface area contributed by atoms with Gasteiger partial charge < -0.3 is 15.0 Å². The number of H-pyrrole nitrogens is 1. The van der Waals surface area contributed by atoms with E-state index in [0.29, 0.717) is 31.2 Å². The molecule has 2 aliphatic rings. The topological polar surface area (TPSA) is 76.6 Å². The number of hydrogen-bond acceptors (Lipinski definition) is 3. The molecule has 6 heteroatoms. The lowest BCUT2D eigenvalue weighted by Gasteiger charge is -2.28. The second-order valence-corrected chi connectivity index (χ2v) is 6.32. The first-order chi connectivity index (χ1) is 10.6. The van der Waals surface area contributed by atoms with Crippen molar-refractivity contribution in [3.05, 3.63) is 24.0 Å². The molecule has 0 aromatic carbocycles. The fraction of sp³-hybridized carbons (Fsp3) is 0.625. The smallest absolute Gasteiger partial charge is 0.309 e. The van der Waals surface area contributed by atoms with Crippen molar-refractivity contribution in [2.45, 2.75) is 31.7 Å². The summed E-state index contributed by atoms with van der Waals surface area (Å²) in [7, 11) is 0. The van der Waals surface area contributed by atoms with Crippen LogP contribution in [0.2, 0.25) is 0 Å². The van der Waals surface area contributed by atoms with E-state index < -0.39 is 11.9 Å². The third-order valence-electron chi connectivity index (χ3n) is 4.88. The van der Waals surface area contributed by atoms with E-state index in [2.05, 4.69) is 9.88 Å². The van der Waals surface area contributed by atoms with Crippen LogP contribution in [0.3, 0.4) is 0 Å². The molecule has 2 N–H and O–H groups in total. The van der Waals surface area contributed by atoms with Crippen LogP contribution in [-0.2, 0) is 4.79 Å². The number of carboxylic acids is 1. The minimum Gasteiger partial charge on any atom is -0.481 e. The summed E-state index contributed by atoms with van der Waals surface area (Å²) in [5.41, 5.74) is 0.596. The maximum Gasteiger partial charge on any atom is 0.309 e. The number of aromatic nitrogens is 1. The Morgan fingerprint density at radius 2 is 1.95 bits per heavy atom. The van der Waals surface area contributed by atoms with Crippen LogP contribution >= 0.6 is 0 Å². The van der Waals surface area contributed by atoms with Crippen LogP contribution in [0.4, 0.5) is 0 Å². The number of carboxylic acid groups (broad SMARTS) is 1. The SMILES string of the molecule is O=C(O)[C@@H]1CN(C(=O)c2cc[nH]c2)CCN(C2CCCC2)C1. The minimum atomic E-state index is -0.809. The number of nitrogens with one attached hydrogen (secondary N) is 1. The van der Waals surface area contributed by atoms with Crippen molar-refractivity contribution in [1.82, 2.24) is 14.8 Å². The molecule has 2 fully saturated rings. The van der Waals surface area contributed by atoms with Gasteiger partial charge >= 0.3 is 5.97 Å². The Bertz CT molecular complexity index is 523. The lowest BCUT2D eigenvalue weighted by Crippen LogP contribution is -2.39. The molecular formula is C16H23N3O3. The molecule has 0 spiro atoms. The molecule has 1 amide bonds. The highest BCUT2D eigenvalue weighted by atomic mass is 16.4. The van der Waals surface area contributed by atoms with E-state index in [-0.39, 0.29) is 5.91 Å². The standard InChI is InChI=1S/C16H23N3O3/c20-15(12-5-6-17-9-12)19-8-7-18(14-3-1-2-4-14)10-13(11-19)16(21)22/h5-6,9,13-14,17H,1-4,7-8,10-11H2,(H,21,22)/t13-/m0/s1. The van der Waals surface area contributed by atoms with Crippen LogP contribution < -0.4 is 0 Å². The Balaban J connectivity index is 1.73. The van der Waals surface area contributed by atoms with Crippen LogP contribution in [0.1, 0.15) is 36.0 Å². The van der Waals surface area contributed by atoms with E-state index in [1.165, 1.54) is 12.8 Å². The number of rotatable bonds is 3. The Morgan fingerprint density at radius 1 is 1.18 bits per heavy atom. The van der Waals surface area contributed by atoms with E-state index in [0.717, 1.165) is 19.4 Å². The number of aliphatic carboxylic acids is 1. The highest BCUT2D eigenvalue weighted by molar-refractivity contribution is 5.94. The Morgan fingerprint density at radius 3 is 2.59 bits per heavy atom. The Labute approximate surface area is 130 Å². The Kier molecular flexibility index (Phi) is 4.47. The summed E-state index contributed by atoms with van der Waals surface area (Å²) in [5, 5.41) is 9.48. The zero-order chi connectivity index (χ0) is 15.5. The lowest BCUT2D eigenvalue weighted by atomic mass is 10.1. The van der Waals surface area contributed by atoms with Gasteiger partial charge in [0.25, 0.3) is 5.91 Å². The number of aromatic amines is 1. The van der Waals surface area contributed by atoms with Crippen molar-refractivity contribution in [1.29, 1.82) is 0 Å². The molecule has 6 nitrogen and oxygen atoms in total. The molecular weight excluding hydrogens is 282 g/mol. The summed E-state index contributed by atoms with van der Waals surface area (Å²) >= 11 is 0. The number of carbonyl (C=O) groups excluding carboxylic acids is 1. The van der Waals surface area contributed by atoms with Gasteiger partial charge in [0.15, 0.2) is 0 Å². The quantitative estimate of drug-likeness (QED) is 0.885. The van der Waals surface area contributed by atoms with Gasteiger partial charge in [0.05, 0.1) is 11.5 Å². The van der Waals surface area contributed by atoms with Crippen molar-refractivity contribution in [2.24, 2.45) is 5.92 Å². The van der Waals surface area contributed by atoms with Gasteiger partial charge in [0.1, 0.15) is 0 Å². The van der Waals surface area contributed by atoms with Crippen LogP contribution in [0, 0.1) is 5.92 Å². The zero-order valence-corrected chi connectivity index (χ0v) is 12.7. The molecule has 1 atom stereocenters. The van der Waals surface area contributed by atoms with Gasteiger partial charge in [-0.1, -0.05) is 12.8 Å². The first-order valence-corrected chi connectivity index (χ1v) is 8.04. The molecule has 1 aliphatic heterocycles. The molecule has 1 aromatic heterocycles. The summed E-state index contributed by atoms with van der Waals surface area (Å²) in [4.78, 5) is 30.9. The predicted octanol–water partition coefficient (Wildman–Crippen LogP) is 1.42. The van der Waals surface area contributed by atoms with Gasteiger partial charge in [-0.2, -0.15) is 0 Å². The van der Waals surface area contributed by atoms with Gasteiger partial charge in [-0.25, -0.2) is 0 Å². The summed E-state index contributed by atoms with van der Waals surface area (Å²) in [6, 6.07) is 2.22. The first kappa shape index (κ1) is 15.1. The third kappa shape index (κ3) is 3.16. The molecule has 22 heavy (non-hydrogen) atoms. The summed E-state index contributed by atoms with van der Waals surface area (Å²) in [6.07, 6.45) is 8.13. The van der Waals surface area contributed by atoms with Crippen LogP contribution in [-0.4, -0.2) is 64.0 Å². The highest BCUT2D eigenvalue weighted by Gasteiger charge is 2.33. The fourth-order valence-corrected chi connectivity index (χ4v) is 3.62. The van der Waals surface area contributed by atoms with Crippen molar-refractivity contribution >= 4 is 11.9 Å². The average molecular weight is 305 g/mol. The fourth-order valence-electron chi connectivity index (χ4n) is 3.62. The van der Waals surface area contributed by atoms with E-state index in [4.69, 9.17) is 0 Å². The number of carbonyl (C=O) groups is 2. The summed E-state index contributed by atoms with van der Waals surface area (Å²) < 4.78 is 0. The molecule has 1 saturated carbocycles. The van der Waals surface area contributed by atoms with Gasteiger partial charge in [-0.3, -0.25) is 14.5 Å². The molecule has 3 rings (SSSR count). The zero-order valence-electron chi connectivity index (χ0n) is 12.7. The first-order valence-electron chi connectivity index (χ1n) is 8.04. The largest absolute Gasteiger partial charge is 0.481 e. The molecule has 1 aromatic rings. The van der Waals surface area contributed by atoms with Crippen molar-refractivity contribution in [2.75, 3.05) is 26.2 Å². The Hall–Kier alpha value is -1.82. The van der Waals surface area contributed by atoms with Crippen molar-refractivity contribution < 1.29 is 14.7 Å². The number of amides is 1. The molecule has 1 aliphatic carbocycles. The summed E-state index contributed by atoms with van der Waals surface area (Å²) in [6.45, 7) is 2.22. The molecule has 0 bridgehead atoms. The lowest BCUT2D eigenvalue weighted by molar-refractivity contribution is -0.142. The van der Waals surface area contributed by atoms with E-state index in [1.54, 1.807) is 23.4 Å². The van der Waals surface area contributed by atoms with Gasteiger partial charge in [-0.05, 0) is 18.9 Å². The molecule has 1 saturated heterocycles. The number of hydrogen-bond donors (Lipinski definition) is 2. The van der Waals surface area contributed by atoms with Gasteiger partial charge in [0, 0.05) is 44.6 Å². The van der Waals surface area contributed by atoms with E-state index in [1.807, 2.05) is 0 Å². The molecule has 0 unspecified atom stereocenters. The highest BCUT2D eigenvalue weighted by Crippen LogP contribution is 2.26. The van der Waals surface area contributed by atoms with Crippen molar-refractivity contribution in [3.8, 4) is 0 Å².